The van der Waals surface area contributed by atoms with Crippen molar-refractivity contribution in [1.29, 1.82) is 0 Å². The number of carbonyl (C=O) groups excluding carboxylic acids is 2. The molecule has 0 spiro atoms. The van der Waals surface area contributed by atoms with Gasteiger partial charge in [-0.25, -0.2) is 4.79 Å². The maximum Gasteiger partial charge on any atom is 0.322 e. The van der Waals surface area contributed by atoms with Gasteiger partial charge in [0.2, 0.25) is 0 Å². The lowest BCUT2D eigenvalue weighted by molar-refractivity contribution is -0.139. The molecular formula is C15H14Cl2N2O4. The first-order valence-corrected chi connectivity index (χ1v) is 7.90. The molecule has 1 unspecified atom stereocenters. The number of imide groups is 1. The van der Waals surface area contributed by atoms with Crippen LogP contribution in [0.4, 0.5) is 4.79 Å². The molecule has 1 aliphatic carbocycles. The predicted octanol–water partition coefficient (Wildman–Crippen LogP) is 2.22. The first-order valence-electron chi connectivity index (χ1n) is 7.14. The van der Waals surface area contributed by atoms with Gasteiger partial charge in [-0.15, -0.1) is 0 Å². The first-order chi connectivity index (χ1) is 10.8. The van der Waals surface area contributed by atoms with Gasteiger partial charge in [-0.05, 0) is 37.0 Å². The summed E-state index contributed by atoms with van der Waals surface area (Å²) in [5.74, 6) is -2.49. The van der Waals surface area contributed by atoms with Crippen LogP contribution in [0.2, 0.25) is 10.0 Å². The van der Waals surface area contributed by atoms with Crippen LogP contribution in [0.3, 0.4) is 0 Å². The molecule has 1 aliphatic heterocycles. The van der Waals surface area contributed by atoms with E-state index in [1.807, 2.05) is 0 Å². The highest BCUT2D eigenvalue weighted by Crippen LogP contribution is 2.49. The molecule has 23 heavy (non-hydrogen) atoms. The van der Waals surface area contributed by atoms with E-state index in [1.54, 1.807) is 18.2 Å². The Kier molecular flexibility index (Phi) is 3.98. The second-order valence-corrected chi connectivity index (χ2v) is 6.68. The summed E-state index contributed by atoms with van der Waals surface area (Å²) < 4.78 is 0. The average molecular weight is 357 g/mol. The average Bonchev–Trinajstić information content (AvgIpc) is 3.21. The van der Waals surface area contributed by atoms with E-state index in [0.717, 1.165) is 0 Å². The third-order valence-electron chi connectivity index (χ3n) is 4.54. The van der Waals surface area contributed by atoms with Gasteiger partial charge in [0.15, 0.2) is 0 Å². The fourth-order valence-electron chi connectivity index (χ4n) is 3.23. The molecule has 122 valence electrons. The van der Waals surface area contributed by atoms with Gasteiger partial charge >= 0.3 is 12.0 Å². The van der Waals surface area contributed by atoms with Crippen LogP contribution in [-0.4, -0.2) is 28.6 Å². The van der Waals surface area contributed by atoms with Gasteiger partial charge in [0.1, 0.15) is 5.54 Å². The van der Waals surface area contributed by atoms with Gasteiger partial charge in [-0.2, -0.15) is 0 Å². The normalized spacial score (nSPS) is 29.1. The quantitative estimate of drug-likeness (QED) is 0.704. The largest absolute Gasteiger partial charge is 0.481 e. The summed E-state index contributed by atoms with van der Waals surface area (Å²) >= 11 is 12.3. The Morgan fingerprint density at radius 1 is 1.30 bits per heavy atom. The van der Waals surface area contributed by atoms with Crippen molar-refractivity contribution in [3.05, 3.63) is 33.8 Å². The van der Waals surface area contributed by atoms with Crippen LogP contribution in [0.25, 0.3) is 0 Å². The SMILES string of the molecule is O=C1NC(=O)C(CCc2c(Cl)cccc2Cl)([C@H]2C[C@@H]2C(=O)O)N1. The van der Waals surface area contributed by atoms with E-state index >= 15 is 0 Å². The Morgan fingerprint density at radius 3 is 2.43 bits per heavy atom. The molecule has 1 saturated carbocycles. The molecule has 1 aromatic carbocycles. The van der Waals surface area contributed by atoms with Crippen molar-refractivity contribution in [3.63, 3.8) is 0 Å². The molecule has 3 N–H and O–H groups in total. The number of carboxylic acids is 1. The number of hydrogen-bond donors (Lipinski definition) is 3. The summed E-state index contributed by atoms with van der Waals surface area (Å²) in [7, 11) is 0. The van der Waals surface area contributed by atoms with Gasteiger partial charge in [0.25, 0.3) is 5.91 Å². The van der Waals surface area contributed by atoms with E-state index in [4.69, 9.17) is 28.3 Å². The topological polar surface area (TPSA) is 95.5 Å². The lowest BCUT2D eigenvalue weighted by atomic mass is 9.85. The maximum absolute atomic E-state index is 12.3. The highest BCUT2D eigenvalue weighted by atomic mass is 35.5. The molecule has 1 aromatic rings. The highest BCUT2D eigenvalue weighted by Gasteiger charge is 2.62. The van der Waals surface area contributed by atoms with Crippen LogP contribution in [0.5, 0.6) is 0 Å². The molecule has 0 radical (unpaired) electrons. The second-order valence-electron chi connectivity index (χ2n) is 5.87. The summed E-state index contributed by atoms with van der Waals surface area (Å²) in [6, 6.07) is 4.51. The van der Waals surface area contributed by atoms with Crippen LogP contribution in [0, 0.1) is 11.8 Å². The van der Waals surface area contributed by atoms with Crippen molar-refractivity contribution < 1.29 is 19.5 Å². The number of carboxylic acid groups (broad SMARTS) is 1. The molecule has 1 heterocycles. The van der Waals surface area contributed by atoms with Gasteiger partial charge in [0, 0.05) is 16.0 Å². The number of hydrogen-bond acceptors (Lipinski definition) is 3. The number of rotatable bonds is 5. The summed E-state index contributed by atoms with van der Waals surface area (Å²) in [6.07, 6.45) is 0.955. The summed E-state index contributed by atoms with van der Waals surface area (Å²) in [6.45, 7) is 0. The van der Waals surface area contributed by atoms with Crippen LogP contribution < -0.4 is 10.6 Å². The van der Waals surface area contributed by atoms with Crippen LogP contribution in [0.1, 0.15) is 18.4 Å². The third-order valence-corrected chi connectivity index (χ3v) is 5.25. The Balaban J connectivity index is 1.85. The number of urea groups is 1. The van der Waals surface area contributed by atoms with Gasteiger partial charge in [-0.1, -0.05) is 29.3 Å². The molecule has 6 nitrogen and oxygen atoms in total. The van der Waals surface area contributed by atoms with Crippen molar-refractivity contribution in [3.8, 4) is 0 Å². The molecule has 0 aromatic heterocycles. The number of carbonyl (C=O) groups is 3. The van der Waals surface area contributed by atoms with Crippen LogP contribution in [0.15, 0.2) is 18.2 Å². The third kappa shape index (κ3) is 2.77. The van der Waals surface area contributed by atoms with E-state index in [0.29, 0.717) is 28.5 Å². The number of amides is 3. The molecule has 3 amide bonds. The van der Waals surface area contributed by atoms with Crippen molar-refractivity contribution in [2.24, 2.45) is 11.8 Å². The first kappa shape index (κ1) is 16.1. The lowest BCUT2D eigenvalue weighted by Crippen LogP contribution is -2.50. The van der Waals surface area contributed by atoms with Crippen molar-refractivity contribution >= 4 is 41.1 Å². The minimum absolute atomic E-state index is 0.239. The minimum Gasteiger partial charge on any atom is -0.481 e. The lowest BCUT2D eigenvalue weighted by Gasteiger charge is -2.26. The van der Waals surface area contributed by atoms with Crippen LogP contribution >= 0.6 is 23.2 Å². The molecule has 2 aliphatic rings. The highest BCUT2D eigenvalue weighted by molar-refractivity contribution is 6.36. The minimum atomic E-state index is -1.22. The van der Waals surface area contributed by atoms with Gasteiger partial charge < -0.3 is 10.4 Å². The fourth-order valence-corrected chi connectivity index (χ4v) is 3.82. The Hall–Kier alpha value is -1.79. The second kappa shape index (κ2) is 5.69. The smallest absolute Gasteiger partial charge is 0.322 e. The van der Waals surface area contributed by atoms with Gasteiger partial charge in [-0.3, -0.25) is 14.9 Å². The van der Waals surface area contributed by atoms with E-state index in [-0.39, 0.29) is 6.42 Å². The molecule has 3 rings (SSSR count). The van der Waals surface area contributed by atoms with Crippen molar-refractivity contribution in [2.75, 3.05) is 0 Å². The molecule has 1 saturated heterocycles. The molecule has 8 heteroatoms. The molecule has 3 atom stereocenters. The standard InChI is InChI=1S/C15H14Cl2N2O4/c16-10-2-1-3-11(17)7(10)4-5-15(9-6-8(9)12(20)21)13(22)18-14(23)19-15/h1-3,8-9H,4-6H2,(H,20,21)(H2,18,19,22,23)/t8-,9-,15?/m0/s1. The van der Waals surface area contributed by atoms with Crippen molar-refractivity contribution in [1.82, 2.24) is 10.6 Å². The number of benzene rings is 1. The Labute approximate surface area is 142 Å². The predicted molar refractivity (Wildman–Crippen MR) is 83.4 cm³/mol. The Morgan fingerprint density at radius 2 is 1.96 bits per heavy atom. The summed E-state index contributed by atoms with van der Waals surface area (Å²) in [5, 5.41) is 14.9. The van der Waals surface area contributed by atoms with Crippen molar-refractivity contribution in [2.45, 2.75) is 24.8 Å². The zero-order chi connectivity index (χ0) is 16.8. The summed E-state index contributed by atoms with van der Waals surface area (Å²) in [4.78, 5) is 35.0. The fraction of sp³-hybridized carbons (Fsp3) is 0.400. The summed E-state index contributed by atoms with van der Waals surface area (Å²) in [5.41, 5.74) is -0.542. The molecule has 0 bridgehead atoms. The molecular weight excluding hydrogens is 343 g/mol. The zero-order valence-electron chi connectivity index (χ0n) is 11.9. The monoisotopic (exact) mass is 356 g/mol. The van der Waals surface area contributed by atoms with E-state index in [1.165, 1.54) is 0 Å². The van der Waals surface area contributed by atoms with Gasteiger partial charge in [0.05, 0.1) is 5.92 Å². The molecule has 2 fully saturated rings. The van der Waals surface area contributed by atoms with E-state index < -0.39 is 35.3 Å². The zero-order valence-corrected chi connectivity index (χ0v) is 13.4. The number of aliphatic carboxylic acids is 1. The van der Waals surface area contributed by atoms with Crippen LogP contribution in [-0.2, 0) is 16.0 Å². The van der Waals surface area contributed by atoms with E-state index in [9.17, 15) is 14.4 Å². The van der Waals surface area contributed by atoms with E-state index in [2.05, 4.69) is 10.6 Å². The Bertz CT molecular complexity index is 688. The number of halogens is 2. The maximum atomic E-state index is 12.3. The number of nitrogens with one attached hydrogen (secondary N) is 2.